The van der Waals surface area contributed by atoms with Crippen LogP contribution in [-0.4, -0.2) is 105 Å². The van der Waals surface area contributed by atoms with Gasteiger partial charge in [0, 0.05) is 64.6 Å². The molecule has 1 aliphatic heterocycles. The first-order valence-corrected chi connectivity index (χ1v) is 15.5. The van der Waals surface area contributed by atoms with Gasteiger partial charge in [-0.1, -0.05) is 27.7 Å². The molecule has 2 rings (SSSR count). The molecule has 1 aliphatic rings. The molecule has 2 heterocycles. The van der Waals surface area contributed by atoms with Gasteiger partial charge in [0.05, 0.1) is 25.9 Å². The molecule has 4 atom stereocenters. The fourth-order valence-electron chi connectivity index (χ4n) is 5.02. The highest BCUT2D eigenvalue weighted by Crippen LogP contribution is 2.23. The van der Waals surface area contributed by atoms with E-state index >= 15 is 0 Å². The van der Waals surface area contributed by atoms with Gasteiger partial charge in [-0.05, 0) is 55.6 Å². The van der Waals surface area contributed by atoms with Crippen molar-refractivity contribution in [2.45, 2.75) is 65.5 Å². The molecular formula is C31H57Cl2N5O6. The van der Waals surface area contributed by atoms with E-state index in [0.29, 0.717) is 44.9 Å². The second-order valence-electron chi connectivity index (χ2n) is 11.9. The molecule has 256 valence electrons. The number of hydrogen-bond donors (Lipinski definition) is 4. The first-order chi connectivity index (χ1) is 20.1. The van der Waals surface area contributed by atoms with Crippen molar-refractivity contribution >= 4 is 36.6 Å². The molecule has 0 saturated carbocycles. The van der Waals surface area contributed by atoms with Crippen LogP contribution in [0.15, 0.2) is 18.3 Å². The Balaban J connectivity index is 0.00000924. The Morgan fingerprint density at radius 1 is 1.07 bits per heavy atom. The first kappa shape index (κ1) is 42.3. The third kappa shape index (κ3) is 15.5. The second kappa shape index (κ2) is 23.6. The number of methoxy groups -OCH3 is 1. The summed E-state index contributed by atoms with van der Waals surface area (Å²) in [5, 5.41) is 17.1. The summed E-state index contributed by atoms with van der Waals surface area (Å²) in [6, 6.07) is 2.96. The van der Waals surface area contributed by atoms with Crippen LogP contribution >= 0.6 is 24.8 Å². The van der Waals surface area contributed by atoms with E-state index in [1.165, 1.54) is 0 Å². The van der Waals surface area contributed by atoms with Gasteiger partial charge < -0.3 is 35.7 Å². The third-order valence-electron chi connectivity index (χ3n) is 7.99. The molecule has 44 heavy (non-hydrogen) atoms. The number of nitrogens with zero attached hydrogens (tertiary/aromatic N) is 2. The lowest BCUT2D eigenvalue weighted by molar-refractivity contribution is -0.127. The first-order valence-electron chi connectivity index (χ1n) is 15.5. The Bertz CT molecular complexity index is 923. The van der Waals surface area contributed by atoms with E-state index < -0.39 is 12.1 Å². The van der Waals surface area contributed by atoms with E-state index in [4.69, 9.17) is 19.9 Å². The highest BCUT2D eigenvalue weighted by atomic mass is 35.5. The Kier molecular flexibility index (Phi) is 22.7. The van der Waals surface area contributed by atoms with Crippen LogP contribution in [0.25, 0.3) is 0 Å². The minimum absolute atomic E-state index is 0. The van der Waals surface area contributed by atoms with Gasteiger partial charge in [-0.15, -0.1) is 24.8 Å². The Morgan fingerprint density at radius 2 is 1.75 bits per heavy atom. The molecule has 1 fully saturated rings. The molecule has 0 bridgehead atoms. The molecule has 1 saturated heterocycles. The highest BCUT2D eigenvalue weighted by molar-refractivity contribution is 5.94. The predicted octanol–water partition coefficient (Wildman–Crippen LogP) is 2.92. The molecule has 0 aromatic carbocycles. The maximum absolute atomic E-state index is 13.0. The number of hydrogen-bond acceptors (Lipinski definition) is 9. The van der Waals surface area contributed by atoms with Crippen molar-refractivity contribution < 1.29 is 28.9 Å². The van der Waals surface area contributed by atoms with Crippen molar-refractivity contribution in [3.8, 4) is 5.75 Å². The number of carbonyl (C=O) groups is 2. The van der Waals surface area contributed by atoms with Crippen LogP contribution in [0.3, 0.4) is 0 Å². The van der Waals surface area contributed by atoms with E-state index in [1.807, 2.05) is 13.8 Å². The number of aliphatic hydroxyl groups is 1. The number of nitrogens with one attached hydrogen (secondary N) is 2. The van der Waals surface area contributed by atoms with Crippen LogP contribution in [0.1, 0.15) is 63.9 Å². The number of nitrogens with two attached hydrogens (primary N) is 1. The largest absolute Gasteiger partial charge is 0.491 e. The van der Waals surface area contributed by atoms with Crippen LogP contribution in [-0.2, 0) is 14.3 Å². The number of ether oxygens (including phenoxy) is 3. The van der Waals surface area contributed by atoms with Crippen molar-refractivity contribution in [1.29, 1.82) is 0 Å². The van der Waals surface area contributed by atoms with E-state index in [-0.39, 0.29) is 66.0 Å². The van der Waals surface area contributed by atoms with Gasteiger partial charge in [-0.25, -0.2) is 4.98 Å². The Morgan fingerprint density at radius 3 is 2.39 bits per heavy atom. The molecule has 5 N–H and O–H groups in total. The topological polar surface area (TPSA) is 148 Å². The monoisotopic (exact) mass is 665 g/mol. The number of aromatic nitrogens is 1. The summed E-state index contributed by atoms with van der Waals surface area (Å²) in [7, 11) is 1.67. The summed E-state index contributed by atoms with van der Waals surface area (Å²) in [5.41, 5.74) is 6.72. The van der Waals surface area contributed by atoms with E-state index in [0.717, 1.165) is 45.7 Å². The van der Waals surface area contributed by atoms with Gasteiger partial charge in [0.25, 0.3) is 5.91 Å². The SMILES string of the molecule is COCCCCOc1cccnc1C(=O)NCC(CC(N)C(O)CC(C(=O)NCCN1CCOCC1)C(C)C)C(C)C.Cl.Cl. The summed E-state index contributed by atoms with van der Waals surface area (Å²) >= 11 is 0. The number of morpholine rings is 1. The Hall–Kier alpha value is -1.73. The molecule has 4 unspecified atom stereocenters. The Labute approximate surface area is 276 Å². The molecule has 11 nitrogen and oxygen atoms in total. The number of aliphatic hydroxyl groups excluding tert-OH is 1. The lowest BCUT2D eigenvalue weighted by atomic mass is 9.83. The number of halogens is 2. The van der Waals surface area contributed by atoms with Crippen LogP contribution in [0, 0.1) is 23.7 Å². The molecule has 0 spiro atoms. The zero-order valence-electron chi connectivity index (χ0n) is 27.2. The maximum atomic E-state index is 13.0. The summed E-state index contributed by atoms with van der Waals surface area (Å²) in [4.78, 5) is 32.5. The van der Waals surface area contributed by atoms with E-state index in [2.05, 4.69) is 34.4 Å². The van der Waals surface area contributed by atoms with Crippen LogP contribution in [0.5, 0.6) is 5.75 Å². The summed E-state index contributed by atoms with van der Waals surface area (Å²) in [5.74, 6) is 0.0488. The lowest BCUT2D eigenvalue weighted by Crippen LogP contribution is -2.45. The summed E-state index contributed by atoms with van der Waals surface area (Å²) in [6.07, 6.45) is 3.22. The van der Waals surface area contributed by atoms with E-state index in [1.54, 1.807) is 25.4 Å². The zero-order chi connectivity index (χ0) is 30.9. The number of pyridine rings is 1. The molecule has 1 aromatic rings. The van der Waals surface area contributed by atoms with E-state index in [9.17, 15) is 14.7 Å². The average Bonchev–Trinajstić information content (AvgIpc) is 2.97. The normalized spacial score (nSPS) is 16.3. The molecule has 2 amide bonds. The fourth-order valence-corrected chi connectivity index (χ4v) is 5.02. The number of carbonyl (C=O) groups excluding carboxylic acids is 2. The molecule has 0 aliphatic carbocycles. The van der Waals surface area contributed by atoms with Crippen LogP contribution in [0.2, 0.25) is 0 Å². The number of rotatable bonds is 20. The van der Waals surface area contributed by atoms with Crippen molar-refractivity contribution in [2.75, 3.05) is 66.3 Å². The summed E-state index contributed by atoms with van der Waals surface area (Å²) < 4.78 is 16.3. The smallest absolute Gasteiger partial charge is 0.273 e. The number of unbranched alkanes of at least 4 members (excludes halogenated alkanes) is 1. The van der Waals surface area contributed by atoms with Gasteiger partial charge in [0.15, 0.2) is 11.4 Å². The predicted molar refractivity (Wildman–Crippen MR) is 178 cm³/mol. The van der Waals surface area contributed by atoms with Gasteiger partial charge in [0.2, 0.25) is 5.91 Å². The third-order valence-corrected chi connectivity index (χ3v) is 7.99. The minimum Gasteiger partial charge on any atom is -0.491 e. The average molecular weight is 667 g/mol. The summed E-state index contributed by atoms with van der Waals surface area (Å²) in [6.45, 7) is 14.2. The van der Waals surface area contributed by atoms with Crippen LogP contribution in [0.4, 0.5) is 0 Å². The highest BCUT2D eigenvalue weighted by Gasteiger charge is 2.30. The number of amides is 2. The lowest BCUT2D eigenvalue weighted by Gasteiger charge is -2.30. The quantitative estimate of drug-likeness (QED) is 0.154. The van der Waals surface area contributed by atoms with Crippen molar-refractivity contribution in [3.63, 3.8) is 0 Å². The fraction of sp³-hybridized carbons (Fsp3) is 0.774. The zero-order valence-corrected chi connectivity index (χ0v) is 28.8. The second-order valence-corrected chi connectivity index (χ2v) is 11.9. The minimum atomic E-state index is -0.840. The maximum Gasteiger partial charge on any atom is 0.273 e. The van der Waals surface area contributed by atoms with Crippen molar-refractivity contribution in [2.24, 2.45) is 29.4 Å². The molecular weight excluding hydrogens is 609 g/mol. The van der Waals surface area contributed by atoms with Crippen LogP contribution < -0.4 is 21.1 Å². The molecule has 0 radical (unpaired) electrons. The molecule has 13 heteroatoms. The van der Waals surface area contributed by atoms with Gasteiger partial charge in [-0.2, -0.15) is 0 Å². The molecule has 1 aromatic heterocycles. The standard InChI is InChI=1S/C31H55N5O6.2ClH/c1-22(2)24(21-35-31(39)29-28(9-8-10-33-29)42-16-7-6-15-40-5)19-26(32)27(37)20-25(23(3)4)30(38)34-11-12-36-13-17-41-18-14-36;;/h8-10,22-27,37H,6-7,11-21,32H2,1-5H3,(H,34,38)(H,35,39);2*1H. The van der Waals surface area contributed by atoms with Gasteiger partial charge >= 0.3 is 0 Å². The van der Waals surface area contributed by atoms with Crippen molar-refractivity contribution in [3.05, 3.63) is 24.0 Å². The van der Waals surface area contributed by atoms with Gasteiger partial charge in [-0.3, -0.25) is 14.5 Å². The van der Waals surface area contributed by atoms with Gasteiger partial charge in [0.1, 0.15) is 0 Å². The van der Waals surface area contributed by atoms with Crippen molar-refractivity contribution in [1.82, 2.24) is 20.5 Å².